The average Bonchev–Trinajstić information content (AvgIpc) is 2.21. The minimum Gasteiger partial charge on any atom is -0.489 e. The highest BCUT2D eigenvalue weighted by Crippen LogP contribution is 2.07. The molecule has 0 unspecified atom stereocenters. The van der Waals surface area contributed by atoms with Gasteiger partial charge in [0.25, 0.3) is 0 Å². The Morgan fingerprint density at radius 1 is 1.15 bits per heavy atom. The fourth-order valence-electron chi connectivity index (χ4n) is 0.583. The Balaban J connectivity index is 0. The minimum atomic E-state index is 0.506. The zero-order valence-corrected chi connectivity index (χ0v) is 8.97. The first kappa shape index (κ1) is 14.3. The fraction of sp³-hybridized carbons (Fsp3) is 0.333. The van der Waals surface area contributed by atoms with E-state index in [1.54, 1.807) is 18.2 Å². The Hall–Kier alpha value is -1.24. The minimum absolute atomic E-state index is 0.506. The Morgan fingerprint density at radius 3 is 2.00 bits per heavy atom. The van der Waals surface area contributed by atoms with Crippen LogP contribution < -0.4 is 0 Å². The van der Waals surface area contributed by atoms with E-state index in [2.05, 4.69) is 19.7 Å². The van der Waals surface area contributed by atoms with E-state index in [0.29, 0.717) is 6.61 Å². The highest BCUT2D eigenvalue weighted by atomic mass is 16.5. The van der Waals surface area contributed by atoms with E-state index in [0.717, 1.165) is 11.3 Å². The van der Waals surface area contributed by atoms with Crippen LogP contribution in [0.3, 0.4) is 0 Å². The highest BCUT2D eigenvalue weighted by molar-refractivity contribution is 5.24. The summed E-state index contributed by atoms with van der Waals surface area (Å²) in [5.41, 5.74) is 0.988. The van der Waals surface area contributed by atoms with Crippen molar-refractivity contribution in [3.63, 3.8) is 0 Å². The van der Waals surface area contributed by atoms with Gasteiger partial charge in [0, 0.05) is 0 Å². The van der Waals surface area contributed by atoms with Gasteiger partial charge in [0.1, 0.15) is 12.4 Å². The quantitative estimate of drug-likeness (QED) is 0.354. The molecule has 0 aliphatic rings. The smallest absolute Gasteiger partial charge is 0.122 e. The SMILES string of the molecule is C=CCO/C(C=C)=C(\C)C=C.CC. The molecule has 74 valence electrons. The van der Waals surface area contributed by atoms with Crippen molar-refractivity contribution < 1.29 is 4.74 Å². The number of hydrogen-bond acceptors (Lipinski definition) is 1. The van der Waals surface area contributed by atoms with Crippen molar-refractivity contribution in [2.75, 3.05) is 6.61 Å². The van der Waals surface area contributed by atoms with Crippen molar-refractivity contribution in [3.05, 3.63) is 49.3 Å². The monoisotopic (exact) mass is 180 g/mol. The second kappa shape index (κ2) is 10.8. The molecule has 0 N–H and O–H groups in total. The Morgan fingerprint density at radius 2 is 1.69 bits per heavy atom. The van der Waals surface area contributed by atoms with Crippen LogP contribution in [0, 0.1) is 0 Å². The van der Waals surface area contributed by atoms with Gasteiger partial charge in [-0.05, 0) is 18.6 Å². The van der Waals surface area contributed by atoms with Gasteiger partial charge in [-0.1, -0.05) is 45.7 Å². The van der Waals surface area contributed by atoms with Gasteiger partial charge in [0.05, 0.1) is 0 Å². The van der Waals surface area contributed by atoms with Crippen LogP contribution >= 0.6 is 0 Å². The molecule has 0 saturated heterocycles. The zero-order valence-electron chi connectivity index (χ0n) is 8.97. The van der Waals surface area contributed by atoms with Crippen molar-refractivity contribution in [1.82, 2.24) is 0 Å². The average molecular weight is 180 g/mol. The molecule has 0 aliphatic carbocycles. The lowest BCUT2D eigenvalue weighted by atomic mass is 10.2. The predicted molar refractivity (Wildman–Crippen MR) is 60.6 cm³/mol. The molecule has 0 rings (SSSR count). The first-order valence-electron chi connectivity index (χ1n) is 4.45. The Labute approximate surface area is 82.1 Å². The van der Waals surface area contributed by atoms with Gasteiger partial charge in [-0.15, -0.1) is 0 Å². The fourth-order valence-corrected chi connectivity index (χ4v) is 0.583. The van der Waals surface area contributed by atoms with Gasteiger partial charge in [0.15, 0.2) is 0 Å². The summed E-state index contributed by atoms with van der Waals surface area (Å²) in [6, 6.07) is 0. The molecule has 0 fully saturated rings. The molecule has 1 nitrogen and oxygen atoms in total. The van der Waals surface area contributed by atoms with Crippen LogP contribution in [0.1, 0.15) is 20.8 Å². The van der Waals surface area contributed by atoms with Gasteiger partial charge < -0.3 is 4.74 Å². The standard InChI is InChI=1S/C10H14O.C2H6/c1-5-8-11-10(7-3)9(4)6-2;1-2/h5-7H,1-3,8H2,4H3;1-2H3/b10-9+;. The van der Waals surface area contributed by atoms with Crippen LogP contribution in [0.15, 0.2) is 49.3 Å². The van der Waals surface area contributed by atoms with Gasteiger partial charge >= 0.3 is 0 Å². The third-order valence-corrected chi connectivity index (χ3v) is 1.24. The molecule has 0 heterocycles. The molecule has 1 heteroatoms. The van der Waals surface area contributed by atoms with Crippen LogP contribution in [-0.4, -0.2) is 6.61 Å². The van der Waals surface area contributed by atoms with E-state index in [-0.39, 0.29) is 0 Å². The van der Waals surface area contributed by atoms with Gasteiger partial charge in [0.2, 0.25) is 0 Å². The maximum absolute atomic E-state index is 5.27. The summed E-state index contributed by atoms with van der Waals surface area (Å²) in [6.07, 6.45) is 5.10. The molecule has 0 aromatic heterocycles. The zero-order chi connectivity index (χ0) is 10.7. The molecule has 0 saturated carbocycles. The lowest BCUT2D eigenvalue weighted by Gasteiger charge is -2.05. The molecular formula is C12H20O. The van der Waals surface area contributed by atoms with Gasteiger partial charge in [-0.3, -0.25) is 0 Å². The first-order valence-corrected chi connectivity index (χ1v) is 4.45. The molecule has 0 aromatic rings. The van der Waals surface area contributed by atoms with Crippen LogP contribution in [0.25, 0.3) is 0 Å². The van der Waals surface area contributed by atoms with Crippen LogP contribution in [0.2, 0.25) is 0 Å². The molecule has 0 amide bonds. The molecule has 0 radical (unpaired) electrons. The third kappa shape index (κ3) is 7.13. The topological polar surface area (TPSA) is 9.23 Å². The van der Waals surface area contributed by atoms with E-state index in [1.807, 2.05) is 20.8 Å². The number of ether oxygens (including phenoxy) is 1. The van der Waals surface area contributed by atoms with Crippen LogP contribution in [-0.2, 0) is 4.74 Å². The van der Waals surface area contributed by atoms with Gasteiger partial charge in [-0.2, -0.15) is 0 Å². The Kier molecular flexibility index (Phi) is 11.8. The highest BCUT2D eigenvalue weighted by Gasteiger charge is 1.93. The summed E-state index contributed by atoms with van der Waals surface area (Å²) in [7, 11) is 0. The summed E-state index contributed by atoms with van der Waals surface area (Å²) in [6.45, 7) is 17.2. The predicted octanol–water partition coefficient (Wildman–Crippen LogP) is 3.86. The number of hydrogen-bond donors (Lipinski definition) is 0. The number of rotatable bonds is 5. The molecule has 0 bridgehead atoms. The van der Waals surface area contributed by atoms with Crippen molar-refractivity contribution in [3.8, 4) is 0 Å². The summed E-state index contributed by atoms with van der Waals surface area (Å²) in [5.74, 6) is 0.764. The second-order valence-corrected chi connectivity index (χ2v) is 2.06. The van der Waals surface area contributed by atoms with E-state index in [1.165, 1.54) is 0 Å². The van der Waals surface area contributed by atoms with Crippen molar-refractivity contribution in [1.29, 1.82) is 0 Å². The summed E-state index contributed by atoms with van der Waals surface area (Å²) in [4.78, 5) is 0. The summed E-state index contributed by atoms with van der Waals surface area (Å²) < 4.78 is 5.27. The first-order chi connectivity index (χ1) is 6.26. The molecule has 0 aromatic carbocycles. The van der Waals surface area contributed by atoms with E-state index < -0.39 is 0 Å². The second-order valence-electron chi connectivity index (χ2n) is 2.06. The molecule has 0 aliphatic heterocycles. The maximum atomic E-state index is 5.27. The van der Waals surface area contributed by atoms with Crippen molar-refractivity contribution in [2.45, 2.75) is 20.8 Å². The van der Waals surface area contributed by atoms with E-state index in [4.69, 9.17) is 4.74 Å². The Bertz CT molecular complexity index is 187. The van der Waals surface area contributed by atoms with Crippen LogP contribution in [0.5, 0.6) is 0 Å². The van der Waals surface area contributed by atoms with Crippen molar-refractivity contribution in [2.24, 2.45) is 0 Å². The van der Waals surface area contributed by atoms with E-state index in [9.17, 15) is 0 Å². The van der Waals surface area contributed by atoms with Crippen LogP contribution in [0.4, 0.5) is 0 Å². The van der Waals surface area contributed by atoms with Gasteiger partial charge in [-0.25, -0.2) is 0 Å². The number of allylic oxidation sites excluding steroid dienone is 3. The summed E-state index contributed by atoms with van der Waals surface area (Å²) >= 11 is 0. The van der Waals surface area contributed by atoms with E-state index >= 15 is 0 Å². The largest absolute Gasteiger partial charge is 0.489 e. The van der Waals surface area contributed by atoms with Crippen molar-refractivity contribution >= 4 is 0 Å². The molecule has 13 heavy (non-hydrogen) atoms. The molecule has 0 spiro atoms. The lowest BCUT2D eigenvalue weighted by molar-refractivity contribution is 0.259. The lowest BCUT2D eigenvalue weighted by Crippen LogP contribution is -1.91. The third-order valence-electron chi connectivity index (χ3n) is 1.24. The molecule has 0 atom stereocenters. The summed E-state index contributed by atoms with van der Waals surface area (Å²) in [5, 5.41) is 0. The normalized spacial score (nSPS) is 10.1. The maximum Gasteiger partial charge on any atom is 0.122 e. The molecular weight excluding hydrogens is 160 g/mol.